The number of amides is 1. The molecule has 144 valence electrons. The predicted octanol–water partition coefficient (Wildman–Crippen LogP) is 5.17. The van der Waals surface area contributed by atoms with Crippen molar-refractivity contribution < 1.29 is 14.1 Å². The minimum Gasteiger partial charge on any atom is -0.457 e. The number of para-hydroxylation sites is 1. The van der Waals surface area contributed by atoms with Crippen LogP contribution in [0.1, 0.15) is 16.2 Å². The van der Waals surface area contributed by atoms with E-state index in [0.717, 1.165) is 22.9 Å². The summed E-state index contributed by atoms with van der Waals surface area (Å²) in [7, 11) is 0. The minimum absolute atomic E-state index is 0.280. The molecule has 2 aromatic carbocycles. The summed E-state index contributed by atoms with van der Waals surface area (Å²) < 4.78 is 10.7. The Hall–Kier alpha value is -4.13. The molecule has 0 atom stereocenters. The van der Waals surface area contributed by atoms with Crippen molar-refractivity contribution in [1.82, 2.24) is 10.1 Å². The second-order valence-electron chi connectivity index (χ2n) is 6.27. The number of rotatable bonds is 6. The second kappa shape index (κ2) is 8.26. The van der Waals surface area contributed by atoms with Gasteiger partial charge in [0.2, 0.25) is 0 Å². The number of anilines is 3. The van der Waals surface area contributed by atoms with Gasteiger partial charge < -0.3 is 19.9 Å². The van der Waals surface area contributed by atoms with E-state index in [1.165, 1.54) is 0 Å². The molecule has 0 radical (unpaired) electrons. The zero-order chi connectivity index (χ0) is 20.1. The number of nitrogens with one attached hydrogen (secondary N) is 2. The van der Waals surface area contributed by atoms with Crippen molar-refractivity contribution in [2.75, 3.05) is 10.6 Å². The average molecular weight is 386 g/mol. The number of aryl methyl sites for hydroxylation is 1. The number of nitrogens with zero attached hydrogens (tertiary/aromatic N) is 2. The highest BCUT2D eigenvalue weighted by atomic mass is 16.5. The largest absolute Gasteiger partial charge is 0.457 e. The molecule has 0 fully saturated rings. The first-order chi connectivity index (χ1) is 14.2. The number of benzene rings is 2. The molecule has 0 aliphatic heterocycles. The maximum absolute atomic E-state index is 12.2. The summed E-state index contributed by atoms with van der Waals surface area (Å²) in [5.41, 5.74) is 1.92. The zero-order valence-electron chi connectivity index (χ0n) is 15.6. The van der Waals surface area contributed by atoms with E-state index in [9.17, 15) is 4.79 Å². The maximum atomic E-state index is 12.2. The second-order valence-corrected chi connectivity index (χ2v) is 6.27. The molecule has 0 unspecified atom stereocenters. The van der Waals surface area contributed by atoms with Gasteiger partial charge in [0.25, 0.3) is 5.91 Å². The molecular formula is C22H18N4O3. The normalized spacial score (nSPS) is 10.4. The van der Waals surface area contributed by atoms with E-state index in [0.29, 0.717) is 11.6 Å². The van der Waals surface area contributed by atoms with E-state index >= 15 is 0 Å². The van der Waals surface area contributed by atoms with Crippen LogP contribution in [0.2, 0.25) is 0 Å². The first kappa shape index (κ1) is 18.2. The Morgan fingerprint density at radius 3 is 2.31 bits per heavy atom. The molecule has 2 heterocycles. The fourth-order valence-corrected chi connectivity index (χ4v) is 2.61. The highest BCUT2D eigenvalue weighted by Gasteiger charge is 2.10. The third-order valence-corrected chi connectivity index (χ3v) is 3.99. The standard InChI is InChI=1S/C22H18N4O3/c1-15-13-21(26-29-15)25-22(27)20-12-9-17(14-23-20)24-16-7-10-19(11-8-16)28-18-5-3-2-4-6-18/h2-14,24H,1H3,(H,25,26,27). The Kier molecular flexibility index (Phi) is 5.20. The number of aromatic nitrogens is 2. The van der Waals surface area contributed by atoms with Crippen LogP contribution in [0.15, 0.2) is 83.5 Å². The van der Waals surface area contributed by atoms with Gasteiger partial charge in [-0.25, -0.2) is 4.98 Å². The summed E-state index contributed by atoms with van der Waals surface area (Å²) in [6.45, 7) is 1.75. The Morgan fingerprint density at radius 1 is 0.931 bits per heavy atom. The van der Waals surface area contributed by atoms with E-state index in [4.69, 9.17) is 9.26 Å². The van der Waals surface area contributed by atoms with Crippen LogP contribution in [-0.4, -0.2) is 16.0 Å². The van der Waals surface area contributed by atoms with E-state index in [1.807, 2.05) is 54.6 Å². The van der Waals surface area contributed by atoms with Gasteiger partial charge in [0, 0.05) is 11.8 Å². The van der Waals surface area contributed by atoms with Crippen molar-refractivity contribution in [3.63, 3.8) is 0 Å². The molecule has 0 aliphatic rings. The predicted molar refractivity (Wildman–Crippen MR) is 110 cm³/mol. The Labute approximate surface area is 167 Å². The van der Waals surface area contributed by atoms with Gasteiger partial charge in [0.1, 0.15) is 23.0 Å². The topological polar surface area (TPSA) is 89.3 Å². The smallest absolute Gasteiger partial charge is 0.275 e. The molecule has 29 heavy (non-hydrogen) atoms. The molecule has 2 N–H and O–H groups in total. The molecule has 0 spiro atoms. The molecule has 0 saturated heterocycles. The molecule has 2 aromatic heterocycles. The third-order valence-electron chi connectivity index (χ3n) is 3.99. The van der Waals surface area contributed by atoms with E-state index in [-0.39, 0.29) is 11.6 Å². The average Bonchev–Trinajstić information content (AvgIpc) is 3.15. The summed E-state index contributed by atoms with van der Waals surface area (Å²) >= 11 is 0. The first-order valence-electron chi connectivity index (χ1n) is 8.96. The van der Waals surface area contributed by atoms with Gasteiger partial charge in [0.05, 0.1) is 11.9 Å². The lowest BCUT2D eigenvalue weighted by molar-refractivity contribution is 0.102. The summed E-state index contributed by atoms with van der Waals surface area (Å²) in [6, 6.07) is 22.2. The van der Waals surface area contributed by atoms with Crippen molar-refractivity contribution in [2.45, 2.75) is 6.92 Å². The Bertz CT molecular complexity index is 1090. The van der Waals surface area contributed by atoms with Crippen LogP contribution in [0.25, 0.3) is 0 Å². The van der Waals surface area contributed by atoms with Gasteiger partial charge in [-0.3, -0.25) is 4.79 Å². The van der Waals surface area contributed by atoms with Crippen molar-refractivity contribution in [1.29, 1.82) is 0 Å². The monoisotopic (exact) mass is 386 g/mol. The molecule has 7 heteroatoms. The van der Waals surface area contributed by atoms with Gasteiger partial charge in [-0.05, 0) is 55.5 Å². The highest BCUT2D eigenvalue weighted by Crippen LogP contribution is 2.24. The van der Waals surface area contributed by atoms with Crippen molar-refractivity contribution in [2.24, 2.45) is 0 Å². The quantitative estimate of drug-likeness (QED) is 0.475. The van der Waals surface area contributed by atoms with Gasteiger partial charge >= 0.3 is 0 Å². The molecule has 0 aliphatic carbocycles. The summed E-state index contributed by atoms with van der Waals surface area (Å²) in [5, 5.41) is 9.60. The summed E-state index contributed by atoms with van der Waals surface area (Å²) in [6.07, 6.45) is 1.59. The third kappa shape index (κ3) is 4.78. The van der Waals surface area contributed by atoms with Crippen LogP contribution in [0.5, 0.6) is 11.5 Å². The number of hydrogen-bond acceptors (Lipinski definition) is 6. The van der Waals surface area contributed by atoms with Gasteiger partial charge in [-0.2, -0.15) is 0 Å². The highest BCUT2D eigenvalue weighted by molar-refractivity contribution is 6.02. The van der Waals surface area contributed by atoms with Gasteiger partial charge in [0.15, 0.2) is 5.82 Å². The summed E-state index contributed by atoms with van der Waals surface area (Å²) in [4.78, 5) is 16.4. The van der Waals surface area contributed by atoms with Crippen molar-refractivity contribution >= 4 is 23.1 Å². The Balaban J connectivity index is 1.36. The lowest BCUT2D eigenvalue weighted by Crippen LogP contribution is -2.13. The SMILES string of the molecule is Cc1cc(NC(=O)c2ccc(Nc3ccc(Oc4ccccc4)cc3)cn2)no1. The molecule has 0 bridgehead atoms. The maximum Gasteiger partial charge on any atom is 0.275 e. The minimum atomic E-state index is -0.354. The fourth-order valence-electron chi connectivity index (χ4n) is 2.61. The zero-order valence-corrected chi connectivity index (χ0v) is 15.6. The van der Waals surface area contributed by atoms with Crippen LogP contribution in [0.3, 0.4) is 0 Å². The van der Waals surface area contributed by atoms with Gasteiger partial charge in [-0.1, -0.05) is 23.4 Å². The van der Waals surface area contributed by atoms with Crippen LogP contribution < -0.4 is 15.4 Å². The molecule has 4 aromatic rings. The lowest BCUT2D eigenvalue weighted by atomic mass is 10.2. The number of carbonyl (C=O) groups excluding carboxylic acids is 1. The van der Waals surface area contributed by atoms with E-state index in [1.54, 1.807) is 31.3 Å². The van der Waals surface area contributed by atoms with Crippen LogP contribution in [-0.2, 0) is 0 Å². The van der Waals surface area contributed by atoms with Crippen LogP contribution in [0.4, 0.5) is 17.2 Å². The van der Waals surface area contributed by atoms with Crippen LogP contribution >= 0.6 is 0 Å². The van der Waals surface area contributed by atoms with E-state index in [2.05, 4.69) is 20.8 Å². The lowest BCUT2D eigenvalue weighted by Gasteiger charge is -2.09. The Morgan fingerprint density at radius 2 is 1.66 bits per heavy atom. The number of pyridine rings is 1. The molecule has 7 nitrogen and oxygen atoms in total. The number of carbonyl (C=O) groups is 1. The van der Waals surface area contributed by atoms with E-state index < -0.39 is 0 Å². The molecular weight excluding hydrogens is 368 g/mol. The number of hydrogen-bond donors (Lipinski definition) is 2. The number of ether oxygens (including phenoxy) is 1. The van der Waals surface area contributed by atoms with Crippen LogP contribution in [0, 0.1) is 6.92 Å². The summed E-state index contributed by atoms with van der Waals surface area (Å²) in [5.74, 6) is 2.15. The van der Waals surface area contributed by atoms with Crippen molar-refractivity contribution in [3.05, 3.63) is 90.4 Å². The van der Waals surface area contributed by atoms with Crippen molar-refractivity contribution in [3.8, 4) is 11.5 Å². The molecule has 1 amide bonds. The van der Waals surface area contributed by atoms with Gasteiger partial charge in [-0.15, -0.1) is 0 Å². The first-order valence-corrected chi connectivity index (χ1v) is 8.96. The fraction of sp³-hybridized carbons (Fsp3) is 0.0455. The molecule has 0 saturated carbocycles. The molecule has 4 rings (SSSR count).